The van der Waals surface area contributed by atoms with Crippen LogP contribution in [0.25, 0.3) is 21.7 Å². The van der Waals surface area contributed by atoms with E-state index in [2.05, 4.69) is 37.0 Å². The van der Waals surface area contributed by atoms with Gasteiger partial charge in [-0.25, -0.2) is 0 Å². The summed E-state index contributed by atoms with van der Waals surface area (Å²) in [5.74, 6) is 0.999. The van der Waals surface area contributed by atoms with Gasteiger partial charge in [-0.1, -0.05) is 23.4 Å². The number of anilines is 1. The number of rotatable bonds is 3. The maximum absolute atomic E-state index is 5.98. The van der Waals surface area contributed by atoms with E-state index in [0.29, 0.717) is 5.69 Å². The predicted octanol–water partition coefficient (Wildman–Crippen LogP) is 5.19. The van der Waals surface area contributed by atoms with E-state index < -0.39 is 0 Å². The van der Waals surface area contributed by atoms with E-state index in [1.807, 2.05) is 30.3 Å². The third kappa shape index (κ3) is 2.61. The van der Waals surface area contributed by atoms with Crippen LogP contribution in [0.3, 0.4) is 0 Å². The second-order valence-corrected chi connectivity index (χ2v) is 7.43. The SMILES string of the molecule is COc1ccccc1-c1c(-c2cc(Br)c(Br)s2)noc1N. The van der Waals surface area contributed by atoms with Gasteiger partial charge in [-0.15, -0.1) is 11.3 Å². The molecular weight excluding hydrogens is 420 g/mol. The van der Waals surface area contributed by atoms with E-state index >= 15 is 0 Å². The number of nitrogen functional groups attached to an aromatic ring is 1. The Morgan fingerprint density at radius 3 is 2.71 bits per heavy atom. The van der Waals surface area contributed by atoms with Crippen molar-refractivity contribution in [1.82, 2.24) is 5.16 Å². The van der Waals surface area contributed by atoms with Crippen molar-refractivity contribution in [2.24, 2.45) is 0 Å². The summed E-state index contributed by atoms with van der Waals surface area (Å²) in [6.45, 7) is 0. The van der Waals surface area contributed by atoms with Crippen LogP contribution in [0.15, 0.2) is 43.1 Å². The van der Waals surface area contributed by atoms with Gasteiger partial charge in [0.25, 0.3) is 0 Å². The van der Waals surface area contributed by atoms with Crippen LogP contribution in [0.1, 0.15) is 0 Å². The van der Waals surface area contributed by atoms with Crippen molar-refractivity contribution in [3.05, 3.63) is 38.6 Å². The average molecular weight is 430 g/mol. The molecule has 2 N–H and O–H groups in total. The number of nitrogens with zero attached hydrogens (tertiary/aromatic N) is 1. The fourth-order valence-corrected chi connectivity index (χ4v) is 4.07. The number of thiophene rings is 1. The Balaban J connectivity index is 2.22. The molecule has 2 heterocycles. The summed E-state index contributed by atoms with van der Waals surface area (Å²) >= 11 is 8.52. The van der Waals surface area contributed by atoms with Gasteiger partial charge in [0, 0.05) is 10.0 Å². The lowest BCUT2D eigenvalue weighted by atomic mass is 10.0. The Kier molecular flexibility index (Phi) is 4.05. The van der Waals surface area contributed by atoms with Crippen LogP contribution in [0, 0.1) is 0 Å². The number of nitrogens with two attached hydrogens (primary N) is 1. The molecule has 0 unspecified atom stereocenters. The molecule has 0 fully saturated rings. The zero-order valence-corrected chi connectivity index (χ0v) is 14.9. The standard InChI is InChI=1S/C14H10Br2N2O2S/c1-19-9-5-3-2-4-7(9)11-12(18-20-14(11)17)10-6-8(15)13(16)21-10/h2-6H,17H2,1H3. The van der Waals surface area contributed by atoms with Gasteiger partial charge in [-0.2, -0.15) is 0 Å². The Hall–Kier alpha value is -1.31. The fraction of sp³-hybridized carbons (Fsp3) is 0.0714. The number of aromatic nitrogens is 1. The normalized spacial score (nSPS) is 10.8. The molecule has 1 aromatic carbocycles. The van der Waals surface area contributed by atoms with Gasteiger partial charge in [0.05, 0.1) is 21.3 Å². The van der Waals surface area contributed by atoms with Crippen molar-refractivity contribution < 1.29 is 9.26 Å². The van der Waals surface area contributed by atoms with Gasteiger partial charge in [0.15, 0.2) is 0 Å². The van der Waals surface area contributed by atoms with Crippen molar-refractivity contribution in [1.29, 1.82) is 0 Å². The van der Waals surface area contributed by atoms with Gasteiger partial charge >= 0.3 is 0 Å². The van der Waals surface area contributed by atoms with Crippen molar-refractivity contribution in [3.8, 4) is 27.4 Å². The summed E-state index contributed by atoms with van der Waals surface area (Å²) < 4.78 is 12.6. The number of halogens is 2. The third-order valence-electron chi connectivity index (χ3n) is 2.97. The maximum atomic E-state index is 5.98. The lowest BCUT2D eigenvalue weighted by Crippen LogP contribution is -1.91. The van der Waals surface area contributed by atoms with Crippen LogP contribution in [-0.4, -0.2) is 12.3 Å². The van der Waals surface area contributed by atoms with E-state index in [4.69, 9.17) is 15.0 Å². The van der Waals surface area contributed by atoms with E-state index in [1.54, 1.807) is 18.4 Å². The molecule has 0 radical (unpaired) electrons. The second-order valence-electron chi connectivity index (χ2n) is 4.20. The molecule has 108 valence electrons. The Bertz CT molecular complexity index is 779. The van der Waals surface area contributed by atoms with Gasteiger partial charge < -0.3 is 15.0 Å². The molecule has 0 aliphatic heterocycles. The highest BCUT2D eigenvalue weighted by atomic mass is 79.9. The van der Waals surface area contributed by atoms with Crippen LogP contribution in [0.4, 0.5) is 5.88 Å². The summed E-state index contributed by atoms with van der Waals surface area (Å²) in [5.41, 5.74) is 8.28. The molecule has 3 aromatic rings. The molecule has 2 aromatic heterocycles. The Morgan fingerprint density at radius 1 is 1.29 bits per heavy atom. The molecule has 0 saturated heterocycles. The van der Waals surface area contributed by atoms with Gasteiger partial charge in [0.2, 0.25) is 5.88 Å². The number of hydrogen-bond acceptors (Lipinski definition) is 5. The molecule has 0 saturated carbocycles. The summed E-state index contributed by atoms with van der Waals surface area (Å²) in [7, 11) is 1.63. The van der Waals surface area contributed by atoms with Crippen molar-refractivity contribution >= 4 is 49.1 Å². The van der Waals surface area contributed by atoms with Crippen molar-refractivity contribution in [2.75, 3.05) is 12.8 Å². The van der Waals surface area contributed by atoms with E-state index in [-0.39, 0.29) is 5.88 Å². The van der Waals surface area contributed by atoms with E-state index in [0.717, 1.165) is 30.0 Å². The molecule has 21 heavy (non-hydrogen) atoms. The van der Waals surface area contributed by atoms with E-state index in [1.165, 1.54) is 0 Å². The van der Waals surface area contributed by atoms with Gasteiger partial charge in [-0.3, -0.25) is 0 Å². The number of hydrogen-bond donors (Lipinski definition) is 1. The summed E-state index contributed by atoms with van der Waals surface area (Å²) in [4.78, 5) is 0.954. The van der Waals surface area contributed by atoms with E-state index in [9.17, 15) is 0 Å². The maximum Gasteiger partial charge on any atom is 0.230 e. The first kappa shape index (κ1) is 14.6. The van der Waals surface area contributed by atoms with Crippen LogP contribution < -0.4 is 10.5 Å². The van der Waals surface area contributed by atoms with Crippen molar-refractivity contribution in [2.45, 2.75) is 0 Å². The summed E-state index contributed by atoms with van der Waals surface area (Å²) in [5, 5.41) is 4.11. The average Bonchev–Trinajstić information content (AvgIpc) is 3.02. The quantitative estimate of drug-likeness (QED) is 0.622. The lowest BCUT2D eigenvalue weighted by Gasteiger charge is -2.07. The summed E-state index contributed by atoms with van der Waals surface area (Å²) in [6.07, 6.45) is 0. The zero-order valence-electron chi connectivity index (χ0n) is 10.9. The Labute approximate surface area is 142 Å². The largest absolute Gasteiger partial charge is 0.496 e. The highest BCUT2D eigenvalue weighted by molar-refractivity contribution is 9.13. The molecule has 4 nitrogen and oxygen atoms in total. The Morgan fingerprint density at radius 2 is 2.05 bits per heavy atom. The van der Waals surface area contributed by atoms with Crippen LogP contribution >= 0.6 is 43.2 Å². The minimum atomic E-state index is 0.273. The number of para-hydroxylation sites is 1. The molecule has 0 atom stereocenters. The minimum absolute atomic E-state index is 0.273. The lowest BCUT2D eigenvalue weighted by molar-refractivity contribution is 0.416. The van der Waals surface area contributed by atoms with Crippen LogP contribution in [-0.2, 0) is 0 Å². The zero-order chi connectivity index (χ0) is 15.0. The highest BCUT2D eigenvalue weighted by Crippen LogP contribution is 2.45. The first-order chi connectivity index (χ1) is 10.1. The first-order valence-electron chi connectivity index (χ1n) is 5.95. The highest BCUT2D eigenvalue weighted by Gasteiger charge is 2.22. The molecule has 0 spiro atoms. The fourth-order valence-electron chi connectivity index (χ4n) is 2.05. The smallest absolute Gasteiger partial charge is 0.230 e. The summed E-state index contributed by atoms with van der Waals surface area (Å²) in [6, 6.07) is 9.62. The number of ether oxygens (including phenoxy) is 1. The monoisotopic (exact) mass is 428 g/mol. The van der Waals surface area contributed by atoms with Crippen LogP contribution in [0.2, 0.25) is 0 Å². The molecule has 7 heteroatoms. The topological polar surface area (TPSA) is 61.3 Å². The first-order valence-corrected chi connectivity index (χ1v) is 8.35. The predicted molar refractivity (Wildman–Crippen MR) is 91.6 cm³/mol. The van der Waals surface area contributed by atoms with Gasteiger partial charge in [-0.05, 0) is 44.0 Å². The molecule has 3 rings (SSSR count). The third-order valence-corrected chi connectivity index (χ3v) is 6.24. The molecule has 0 aliphatic carbocycles. The van der Waals surface area contributed by atoms with Crippen LogP contribution in [0.5, 0.6) is 5.75 Å². The number of benzene rings is 1. The van der Waals surface area contributed by atoms with Crippen molar-refractivity contribution in [3.63, 3.8) is 0 Å². The molecule has 0 bridgehead atoms. The molecule has 0 amide bonds. The molecular formula is C14H10Br2N2O2S. The van der Waals surface area contributed by atoms with Gasteiger partial charge in [0.1, 0.15) is 11.4 Å². The number of methoxy groups -OCH3 is 1. The minimum Gasteiger partial charge on any atom is -0.496 e. The second kappa shape index (κ2) is 5.82. The molecule has 0 aliphatic rings.